The van der Waals surface area contributed by atoms with Crippen LogP contribution in [0.2, 0.25) is 0 Å². The van der Waals surface area contributed by atoms with Gasteiger partial charge in [0.25, 0.3) is 0 Å². The first kappa shape index (κ1) is 20.0. The van der Waals surface area contributed by atoms with Gasteiger partial charge in [-0.3, -0.25) is 0 Å². The molecule has 0 nitrogen and oxygen atoms in total. The van der Waals surface area contributed by atoms with E-state index in [0.717, 1.165) is 12.8 Å². The number of hydrogen-bond acceptors (Lipinski definition) is 0. The Bertz CT molecular complexity index is 1430. The maximum absolute atomic E-state index is 4.12. The minimum atomic E-state index is -0.170. The molecule has 3 aromatic rings. The molecule has 0 fully saturated rings. The van der Waals surface area contributed by atoms with Crippen LogP contribution in [0.1, 0.15) is 35.4 Å². The van der Waals surface area contributed by atoms with Gasteiger partial charge >= 0.3 is 0 Å². The molecular weight excluding hydrogens is 396 g/mol. The molecule has 3 unspecified atom stereocenters. The lowest BCUT2D eigenvalue weighted by Gasteiger charge is -2.44. The highest BCUT2D eigenvalue weighted by Gasteiger charge is 2.48. The molecule has 0 aromatic heterocycles. The molecule has 3 aromatic carbocycles. The molecule has 0 heterocycles. The first-order chi connectivity index (χ1) is 16.3. The predicted octanol–water partition coefficient (Wildman–Crippen LogP) is 6.46. The Morgan fingerprint density at radius 1 is 0.758 bits per heavy atom. The van der Waals surface area contributed by atoms with E-state index in [9.17, 15) is 0 Å². The van der Waals surface area contributed by atoms with Crippen LogP contribution in [0, 0.1) is 5.92 Å². The van der Waals surface area contributed by atoms with Crippen LogP contribution < -0.4 is 10.4 Å². The lowest BCUT2D eigenvalue weighted by atomic mass is 9.58. The van der Waals surface area contributed by atoms with Gasteiger partial charge in [0, 0.05) is 17.3 Å². The number of rotatable bonds is 6. The normalized spacial score (nSPS) is 21.5. The lowest BCUT2D eigenvalue weighted by molar-refractivity contribution is 0.451. The zero-order chi connectivity index (χ0) is 22.3. The van der Waals surface area contributed by atoms with E-state index in [1.807, 2.05) is 0 Å². The Balaban J connectivity index is 1.73. The van der Waals surface area contributed by atoms with Crippen molar-refractivity contribution in [3.63, 3.8) is 0 Å². The summed E-state index contributed by atoms with van der Waals surface area (Å²) in [5, 5.41) is 2.78. The van der Waals surface area contributed by atoms with Gasteiger partial charge in [0.1, 0.15) is 0 Å². The van der Waals surface area contributed by atoms with Gasteiger partial charge in [0.2, 0.25) is 0 Å². The summed E-state index contributed by atoms with van der Waals surface area (Å²) in [7, 11) is 0. The predicted molar refractivity (Wildman–Crippen MR) is 140 cm³/mol. The van der Waals surface area contributed by atoms with Gasteiger partial charge in [0.15, 0.2) is 0 Å². The van der Waals surface area contributed by atoms with Gasteiger partial charge < -0.3 is 0 Å². The van der Waals surface area contributed by atoms with E-state index in [0.29, 0.717) is 5.92 Å². The molecule has 0 amide bonds. The summed E-state index contributed by atoms with van der Waals surface area (Å²) in [6.45, 7) is 4.12. The lowest BCUT2D eigenvalue weighted by Crippen LogP contribution is -2.40. The minimum absolute atomic E-state index is 0.170. The first-order valence-electron chi connectivity index (χ1n) is 12.0. The Morgan fingerprint density at radius 3 is 2.36 bits per heavy atom. The van der Waals surface area contributed by atoms with Crippen LogP contribution in [0.5, 0.6) is 0 Å². The van der Waals surface area contributed by atoms with Crippen LogP contribution in [0.25, 0.3) is 17.2 Å². The second kappa shape index (κ2) is 8.05. The molecular formula is C33H28. The zero-order valence-electron chi connectivity index (χ0n) is 18.8. The first-order valence-corrected chi connectivity index (χ1v) is 12.0. The fraction of sp³-hybridized carbons (Fsp3) is 0.152. The molecule has 0 N–H and O–H groups in total. The summed E-state index contributed by atoms with van der Waals surface area (Å²) in [4.78, 5) is 0. The third kappa shape index (κ3) is 2.98. The van der Waals surface area contributed by atoms with Crippen molar-refractivity contribution in [1.82, 2.24) is 0 Å². The third-order valence-corrected chi connectivity index (χ3v) is 7.71. The van der Waals surface area contributed by atoms with Crippen molar-refractivity contribution in [3.05, 3.63) is 149 Å². The minimum Gasteiger partial charge on any atom is -0.103 e. The highest BCUT2D eigenvalue weighted by Crippen LogP contribution is 2.56. The SMILES string of the molecule is C=CCCC(C1=c2ccccc2=C2C=CC=CC21)(c1ccccc1)C1C=Cc2ccccc21. The van der Waals surface area contributed by atoms with E-state index in [1.54, 1.807) is 0 Å². The van der Waals surface area contributed by atoms with Crippen molar-refractivity contribution in [3.8, 4) is 0 Å². The van der Waals surface area contributed by atoms with Crippen molar-refractivity contribution in [1.29, 1.82) is 0 Å². The standard InChI is InChI=1S/C33H28/c1-2-3-23-33(25-14-5-4-6-15-25,31-22-21-24-13-7-8-16-26(24)31)32-29-19-11-9-17-27(29)28-18-10-12-20-30(28)32/h2,4-22,29,31H,1,3,23H2. The molecule has 33 heavy (non-hydrogen) atoms. The van der Waals surface area contributed by atoms with Crippen molar-refractivity contribution in [2.24, 2.45) is 5.92 Å². The van der Waals surface area contributed by atoms with E-state index in [4.69, 9.17) is 0 Å². The molecule has 3 aliphatic carbocycles. The van der Waals surface area contributed by atoms with Crippen LogP contribution in [-0.4, -0.2) is 0 Å². The summed E-state index contributed by atoms with van der Waals surface area (Å²) in [5.41, 5.74) is 6.96. The van der Waals surface area contributed by atoms with Gasteiger partial charge in [-0.1, -0.05) is 121 Å². The maximum Gasteiger partial charge on any atom is 0.0286 e. The van der Waals surface area contributed by atoms with E-state index in [1.165, 1.54) is 38.3 Å². The van der Waals surface area contributed by atoms with E-state index in [-0.39, 0.29) is 11.3 Å². The van der Waals surface area contributed by atoms with Crippen LogP contribution in [0.15, 0.2) is 122 Å². The second-order valence-corrected chi connectivity index (χ2v) is 9.27. The largest absolute Gasteiger partial charge is 0.103 e. The molecule has 0 bridgehead atoms. The molecule has 0 aliphatic heterocycles. The van der Waals surface area contributed by atoms with Gasteiger partial charge in [-0.25, -0.2) is 0 Å². The van der Waals surface area contributed by atoms with Crippen molar-refractivity contribution in [2.75, 3.05) is 0 Å². The zero-order valence-corrected chi connectivity index (χ0v) is 18.8. The molecule has 3 aliphatic rings. The Labute approximate surface area is 196 Å². The Kier molecular flexibility index (Phi) is 4.88. The van der Waals surface area contributed by atoms with E-state index >= 15 is 0 Å². The number of hydrogen-bond donors (Lipinski definition) is 0. The van der Waals surface area contributed by atoms with Gasteiger partial charge in [-0.2, -0.15) is 0 Å². The van der Waals surface area contributed by atoms with Crippen LogP contribution in [-0.2, 0) is 5.41 Å². The summed E-state index contributed by atoms with van der Waals surface area (Å²) in [5.74, 6) is 0.566. The molecule has 0 spiro atoms. The molecule has 0 saturated carbocycles. The van der Waals surface area contributed by atoms with Crippen molar-refractivity contribution >= 4 is 17.2 Å². The molecule has 0 saturated heterocycles. The highest BCUT2D eigenvalue weighted by atomic mass is 14.5. The molecule has 0 heteroatoms. The van der Waals surface area contributed by atoms with Gasteiger partial charge in [-0.15, -0.1) is 6.58 Å². The fourth-order valence-corrected chi connectivity index (χ4v) is 6.39. The monoisotopic (exact) mass is 424 g/mol. The summed E-state index contributed by atoms with van der Waals surface area (Å²) < 4.78 is 0. The van der Waals surface area contributed by atoms with Gasteiger partial charge in [0.05, 0.1) is 0 Å². The van der Waals surface area contributed by atoms with Crippen LogP contribution in [0.4, 0.5) is 0 Å². The summed E-state index contributed by atoms with van der Waals surface area (Å²) in [6, 6.07) is 29.2. The third-order valence-electron chi connectivity index (χ3n) is 7.71. The van der Waals surface area contributed by atoms with Crippen molar-refractivity contribution in [2.45, 2.75) is 24.2 Å². The van der Waals surface area contributed by atoms with E-state index in [2.05, 4.69) is 128 Å². The smallest absolute Gasteiger partial charge is 0.0286 e. The van der Waals surface area contributed by atoms with Gasteiger partial charge in [-0.05, 0) is 51.1 Å². The summed E-state index contributed by atoms with van der Waals surface area (Å²) >= 11 is 0. The molecule has 3 atom stereocenters. The quantitative estimate of drug-likeness (QED) is 0.399. The topological polar surface area (TPSA) is 0 Å². The second-order valence-electron chi connectivity index (χ2n) is 9.27. The van der Waals surface area contributed by atoms with E-state index < -0.39 is 0 Å². The average Bonchev–Trinajstić information content (AvgIpc) is 3.46. The van der Waals surface area contributed by atoms with Crippen molar-refractivity contribution < 1.29 is 0 Å². The molecule has 6 rings (SSSR count). The summed E-state index contributed by atoms with van der Waals surface area (Å²) in [6.07, 6.45) is 18.0. The molecule has 160 valence electrons. The Hall–Kier alpha value is -3.64. The average molecular weight is 425 g/mol. The van der Waals surface area contributed by atoms with Crippen LogP contribution >= 0.6 is 0 Å². The number of allylic oxidation sites excluding steroid dienone is 6. The van der Waals surface area contributed by atoms with Crippen LogP contribution in [0.3, 0.4) is 0 Å². The highest BCUT2D eigenvalue weighted by molar-refractivity contribution is 5.86. The maximum atomic E-state index is 4.12. The number of fused-ring (bicyclic) bond motifs is 3. The fourth-order valence-electron chi connectivity index (χ4n) is 6.39. The molecule has 0 radical (unpaired) electrons. The Morgan fingerprint density at radius 2 is 1.52 bits per heavy atom. The number of benzene rings is 3.